The van der Waals surface area contributed by atoms with Crippen LogP contribution in [0.15, 0.2) is 102 Å². The summed E-state index contributed by atoms with van der Waals surface area (Å²) in [5, 5.41) is 3.78. The molecule has 1 N–H and O–H groups in total. The summed E-state index contributed by atoms with van der Waals surface area (Å²) in [6, 6.07) is 26.5. The van der Waals surface area contributed by atoms with Crippen molar-refractivity contribution in [3.8, 4) is 0 Å². The van der Waals surface area contributed by atoms with E-state index in [0.29, 0.717) is 22.3 Å². The third kappa shape index (κ3) is 8.20. The Balaban J connectivity index is 1.81. The van der Waals surface area contributed by atoms with Crippen LogP contribution in [0, 0.1) is 13.8 Å². The molecule has 0 saturated heterocycles. The van der Waals surface area contributed by atoms with Gasteiger partial charge in [-0.05, 0) is 91.6 Å². The van der Waals surface area contributed by atoms with Gasteiger partial charge in [0, 0.05) is 29.6 Å². The first kappa shape index (κ1) is 33.1. The Labute approximate surface area is 269 Å². The Kier molecular flexibility index (Phi) is 11.1. The van der Waals surface area contributed by atoms with E-state index in [1.807, 2.05) is 57.2 Å². The smallest absolute Gasteiger partial charge is 0.264 e. The lowest BCUT2D eigenvalue weighted by Gasteiger charge is -2.34. The fourth-order valence-electron chi connectivity index (χ4n) is 4.78. The Morgan fingerprint density at radius 1 is 0.795 bits per heavy atom. The lowest BCUT2D eigenvalue weighted by Crippen LogP contribution is -2.53. The summed E-state index contributed by atoms with van der Waals surface area (Å²) in [6.07, 6.45) is 0.236. The largest absolute Gasteiger partial charge is 0.355 e. The molecule has 0 radical (unpaired) electrons. The van der Waals surface area contributed by atoms with Gasteiger partial charge in [0.1, 0.15) is 12.6 Å². The molecule has 0 fully saturated rings. The Morgan fingerprint density at radius 2 is 1.41 bits per heavy atom. The second-order valence-corrected chi connectivity index (χ2v) is 13.2. The fraction of sp³-hybridized carbons (Fsp3) is 0.235. The van der Waals surface area contributed by atoms with Gasteiger partial charge in [-0.2, -0.15) is 0 Å². The van der Waals surface area contributed by atoms with Gasteiger partial charge in [0.25, 0.3) is 10.0 Å². The molecule has 0 aromatic heterocycles. The minimum atomic E-state index is -4.21. The van der Waals surface area contributed by atoms with Gasteiger partial charge in [0.15, 0.2) is 0 Å². The number of nitrogens with zero attached hydrogens (tertiary/aromatic N) is 2. The molecule has 7 nitrogen and oxygen atoms in total. The summed E-state index contributed by atoms with van der Waals surface area (Å²) >= 11 is 12.2. The average Bonchev–Trinajstić information content (AvgIpc) is 3.00. The summed E-state index contributed by atoms with van der Waals surface area (Å²) in [6.45, 7) is 5.51. The molecule has 0 unspecified atom stereocenters. The lowest BCUT2D eigenvalue weighted by atomic mass is 10.0. The Bertz CT molecular complexity index is 1700. The standard InChI is InChI=1S/C34H35Cl2N3O4S/c1-4-37-34(41)32(21-26-8-6-5-7-9-26)38(22-27-11-13-28(35)14-12-27)33(40)23-39(30-17-10-24(2)25(3)20-30)44(42,43)31-18-15-29(36)16-19-31/h5-20,32H,4,21-23H2,1-3H3,(H,37,41)/t32-/m0/s1. The fourth-order valence-corrected chi connectivity index (χ4v) is 6.43. The molecule has 0 aliphatic carbocycles. The molecule has 10 heteroatoms. The van der Waals surface area contributed by atoms with Crippen molar-refractivity contribution in [2.24, 2.45) is 0 Å². The third-order valence-electron chi connectivity index (χ3n) is 7.35. The van der Waals surface area contributed by atoms with Crippen LogP contribution in [0.5, 0.6) is 0 Å². The zero-order valence-electron chi connectivity index (χ0n) is 24.8. The van der Waals surface area contributed by atoms with Gasteiger partial charge in [-0.3, -0.25) is 13.9 Å². The monoisotopic (exact) mass is 651 g/mol. The van der Waals surface area contributed by atoms with E-state index in [2.05, 4.69) is 5.32 Å². The number of nitrogens with one attached hydrogen (secondary N) is 1. The van der Waals surface area contributed by atoms with Crippen LogP contribution in [0.3, 0.4) is 0 Å². The van der Waals surface area contributed by atoms with E-state index in [1.54, 1.807) is 36.4 Å². The number of carbonyl (C=O) groups is 2. The van der Waals surface area contributed by atoms with Gasteiger partial charge in [0.2, 0.25) is 11.8 Å². The van der Waals surface area contributed by atoms with Crippen LogP contribution in [0.4, 0.5) is 5.69 Å². The summed E-state index contributed by atoms with van der Waals surface area (Å²) in [4.78, 5) is 29.4. The SMILES string of the molecule is CCNC(=O)[C@H](Cc1ccccc1)N(Cc1ccc(Cl)cc1)C(=O)CN(c1ccc(C)c(C)c1)S(=O)(=O)c1ccc(Cl)cc1. The van der Waals surface area contributed by atoms with Gasteiger partial charge in [-0.15, -0.1) is 0 Å². The number of amides is 2. The predicted octanol–water partition coefficient (Wildman–Crippen LogP) is 6.58. The van der Waals surface area contributed by atoms with E-state index < -0.39 is 28.5 Å². The number of sulfonamides is 1. The molecule has 0 aliphatic rings. The number of aryl methyl sites for hydroxylation is 2. The van der Waals surface area contributed by atoms with Crippen molar-refractivity contribution < 1.29 is 18.0 Å². The van der Waals surface area contributed by atoms with E-state index in [0.717, 1.165) is 26.6 Å². The minimum Gasteiger partial charge on any atom is -0.355 e. The molecule has 230 valence electrons. The van der Waals surface area contributed by atoms with Crippen LogP contribution in [0.25, 0.3) is 0 Å². The summed E-state index contributed by atoms with van der Waals surface area (Å²) in [5.41, 5.74) is 3.78. The van der Waals surface area contributed by atoms with Gasteiger partial charge >= 0.3 is 0 Å². The van der Waals surface area contributed by atoms with Crippen LogP contribution in [0.2, 0.25) is 10.0 Å². The first-order valence-corrected chi connectivity index (χ1v) is 16.4. The van der Waals surface area contributed by atoms with Gasteiger partial charge in [-0.25, -0.2) is 8.42 Å². The Hall–Kier alpha value is -3.85. The molecule has 0 heterocycles. The maximum Gasteiger partial charge on any atom is 0.264 e. The van der Waals surface area contributed by atoms with Crippen LogP contribution in [0.1, 0.15) is 29.2 Å². The van der Waals surface area contributed by atoms with E-state index in [9.17, 15) is 18.0 Å². The summed E-state index contributed by atoms with van der Waals surface area (Å²) in [7, 11) is -4.21. The molecule has 0 saturated carbocycles. The van der Waals surface area contributed by atoms with E-state index in [1.165, 1.54) is 29.2 Å². The Morgan fingerprint density at radius 3 is 2.00 bits per heavy atom. The molecule has 44 heavy (non-hydrogen) atoms. The second-order valence-electron chi connectivity index (χ2n) is 10.5. The molecule has 4 rings (SSSR count). The van der Waals surface area contributed by atoms with E-state index in [-0.39, 0.29) is 23.8 Å². The molecule has 0 spiro atoms. The highest BCUT2D eigenvalue weighted by atomic mass is 35.5. The van der Waals surface area contributed by atoms with Crippen LogP contribution in [-0.2, 0) is 32.6 Å². The summed E-state index contributed by atoms with van der Waals surface area (Å²) in [5.74, 6) is -0.875. The van der Waals surface area contributed by atoms with Crippen molar-refractivity contribution in [3.63, 3.8) is 0 Å². The molecule has 0 bridgehead atoms. The molecule has 2 amide bonds. The number of anilines is 1. The molecule has 1 atom stereocenters. The first-order chi connectivity index (χ1) is 21.0. The normalized spacial score (nSPS) is 11.9. The number of hydrogen-bond donors (Lipinski definition) is 1. The number of halogens is 2. The predicted molar refractivity (Wildman–Crippen MR) is 177 cm³/mol. The van der Waals surface area contributed by atoms with Crippen molar-refractivity contribution in [1.29, 1.82) is 0 Å². The quantitative estimate of drug-likeness (QED) is 0.187. The van der Waals surface area contributed by atoms with Crippen molar-refractivity contribution in [2.75, 3.05) is 17.4 Å². The number of carbonyl (C=O) groups excluding carboxylic acids is 2. The molecular weight excluding hydrogens is 617 g/mol. The zero-order chi connectivity index (χ0) is 31.9. The van der Waals surface area contributed by atoms with Crippen LogP contribution < -0.4 is 9.62 Å². The maximum atomic E-state index is 14.4. The highest BCUT2D eigenvalue weighted by molar-refractivity contribution is 7.92. The van der Waals surface area contributed by atoms with Crippen molar-refractivity contribution in [1.82, 2.24) is 10.2 Å². The van der Waals surface area contributed by atoms with Crippen molar-refractivity contribution >= 4 is 50.7 Å². The molecule has 4 aromatic rings. The van der Waals surface area contributed by atoms with Crippen LogP contribution >= 0.6 is 23.2 Å². The third-order valence-corrected chi connectivity index (χ3v) is 9.64. The number of likely N-dealkylation sites (N-methyl/N-ethyl adjacent to an activating group) is 1. The van der Waals surface area contributed by atoms with E-state index in [4.69, 9.17) is 23.2 Å². The second kappa shape index (κ2) is 14.8. The summed E-state index contributed by atoms with van der Waals surface area (Å²) < 4.78 is 29.3. The molecule has 4 aromatic carbocycles. The number of benzene rings is 4. The topological polar surface area (TPSA) is 86.8 Å². The van der Waals surface area contributed by atoms with Crippen LogP contribution in [-0.4, -0.2) is 44.3 Å². The van der Waals surface area contributed by atoms with Gasteiger partial charge in [-0.1, -0.05) is 71.7 Å². The van der Waals surface area contributed by atoms with Gasteiger partial charge in [0.05, 0.1) is 10.6 Å². The molecular formula is C34H35Cl2N3O4S. The maximum absolute atomic E-state index is 14.4. The minimum absolute atomic E-state index is 0.0123. The zero-order valence-corrected chi connectivity index (χ0v) is 27.2. The molecule has 0 aliphatic heterocycles. The average molecular weight is 653 g/mol. The number of rotatable bonds is 12. The number of hydrogen-bond acceptors (Lipinski definition) is 4. The highest BCUT2D eigenvalue weighted by Crippen LogP contribution is 2.28. The lowest BCUT2D eigenvalue weighted by molar-refractivity contribution is -0.140. The van der Waals surface area contributed by atoms with Gasteiger partial charge < -0.3 is 10.2 Å². The highest BCUT2D eigenvalue weighted by Gasteiger charge is 2.34. The van der Waals surface area contributed by atoms with E-state index >= 15 is 0 Å². The first-order valence-electron chi connectivity index (χ1n) is 14.2. The van der Waals surface area contributed by atoms with Crippen molar-refractivity contribution in [3.05, 3.63) is 129 Å². The van der Waals surface area contributed by atoms with Crippen molar-refractivity contribution in [2.45, 2.75) is 44.7 Å².